The number of hydrogen-bond donors (Lipinski definition) is 1. The Morgan fingerprint density at radius 3 is 2.45 bits per heavy atom. The van der Waals surface area contributed by atoms with Gasteiger partial charge in [-0.1, -0.05) is 48.0 Å². The van der Waals surface area contributed by atoms with Crippen LogP contribution in [-0.2, 0) is 11.3 Å². The Balaban J connectivity index is 1.46. The molecule has 1 atom stereocenters. The lowest BCUT2D eigenvalue weighted by molar-refractivity contribution is -0.127. The molecule has 1 aromatic carbocycles. The molecule has 5 heteroatoms. The van der Waals surface area contributed by atoms with Gasteiger partial charge in [-0.2, -0.15) is 0 Å². The van der Waals surface area contributed by atoms with Gasteiger partial charge in [0.2, 0.25) is 5.91 Å². The summed E-state index contributed by atoms with van der Waals surface area (Å²) in [4.78, 5) is 16.9. The van der Waals surface area contributed by atoms with E-state index in [1.165, 1.54) is 5.56 Å². The molecule has 1 heterocycles. The van der Waals surface area contributed by atoms with E-state index in [2.05, 4.69) is 67.4 Å². The minimum atomic E-state index is 0.0882. The smallest absolute Gasteiger partial charge is 0.246 e. The summed E-state index contributed by atoms with van der Waals surface area (Å²) in [5.41, 5.74) is 2.39. The lowest BCUT2D eigenvalue weighted by Gasteiger charge is -2.38. The number of piperazine rings is 1. The van der Waals surface area contributed by atoms with Crippen molar-refractivity contribution >= 4 is 23.6 Å². The molecule has 0 radical (unpaired) electrons. The van der Waals surface area contributed by atoms with Crippen LogP contribution in [0.5, 0.6) is 0 Å². The molecule has 1 aliphatic carbocycles. The van der Waals surface area contributed by atoms with Crippen molar-refractivity contribution in [3.63, 3.8) is 0 Å². The van der Waals surface area contributed by atoms with Gasteiger partial charge in [-0.15, -0.1) is 0 Å². The molecule has 1 amide bonds. The Morgan fingerprint density at radius 2 is 1.86 bits per heavy atom. The molecule has 1 N–H and O–H groups in total. The van der Waals surface area contributed by atoms with Gasteiger partial charge in [-0.05, 0) is 50.5 Å². The largest absolute Gasteiger partial charge is 0.337 e. The maximum absolute atomic E-state index is 12.5. The van der Waals surface area contributed by atoms with Gasteiger partial charge in [-0.25, -0.2) is 0 Å². The molecule has 1 unspecified atom stereocenters. The number of allylic oxidation sites excluding steroid dienone is 2. The first-order chi connectivity index (χ1) is 13.8. The lowest BCUT2D eigenvalue weighted by atomic mass is 10.1. The first-order valence-electron chi connectivity index (χ1n) is 10.4. The maximum atomic E-state index is 12.5. The van der Waals surface area contributed by atoms with Crippen molar-refractivity contribution in [2.45, 2.75) is 45.3 Å². The molecule has 0 spiro atoms. The van der Waals surface area contributed by atoms with E-state index in [1.807, 2.05) is 17.1 Å². The van der Waals surface area contributed by atoms with E-state index in [4.69, 9.17) is 11.6 Å². The Morgan fingerprint density at radius 1 is 1.17 bits per heavy atom. The highest BCUT2D eigenvalue weighted by Gasteiger charge is 2.24. The summed E-state index contributed by atoms with van der Waals surface area (Å²) in [6.45, 7) is 10.7. The van der Waals surface area contributed by atoms with Crippen LogP contribution in [0.15, 0.2) is 53.6 Å². The Labute approximate surface area is 179 Å². The summed E-state index contributed by atoms with van der Waals surface area (Å²) in [6, 6.07) is 8.75. The van der Waals surface area contributed by atoms with Gasteiger partial charge in [-0.3, -0.25) is 9.69 Å². The van der Waals surface area contributed by atoms with Crippen LogP contribution in [0.2, 0.25) is 0 Å². The predicted molar refractivity (Wildman–Crippen MR) is 122 cm³/mol. The van der Waals surface area contributed by atoms with Crippen LogP contribution >= 0.6 is 11.6 Å². The summed E-state index contributed by atoms with van der Waals surface area (Å²) in [6.07, 6.45) is 10.8. The topological polar surface area (TPSA) is 35.6 Å². The van der Waals surface area contributed by atoms with Crippen LogP contribution in [-0.4, -0.2) is 53.5 Å². The zero-order valence-corrected chi connectivity index (χ0v) is 18.5. The van der Waals surface area contributed by atoms with Crippen LogP contribution in [0.4, 0.5) is 0 Å². The number of rotatable bonds is 5. The number of nitrogens with zero attached hydrogens (tertiary/aromatic N) is 2. The number of nitrogens with one attached hydrogen (secondary N) is 1. The molecule has 4 nitrogen and oxygen atoms in total. The lowest BCUT2D eigenvalue weighted by Crippen LogP contribution is -2.51. The average Bonchev–Trinajstić information content (AvgIpc) is 2.71. The van der Waals surface area contributed by atoms with Gasteiger partial charge >= 0.3 is 0 Å². The SMILES string of the molecule is CC(C)(C)NCc1ccc(/C=C/C(=O)N2CCN(C3C=CC(Cl)=CC3)CC2)cc1. The third-order valence-corrected chi connectivity index (χ3v) is 5.63. The third kappa shape index (κ3) is 6.84. The molecule has 0 saturated carbocycles. The second-order valence-corrected chi connectivity index (χ2v) is 9.23. The molecule has 3 rings (SSSR count). The summed E-state index contributed by atoms with van der Waals surface area (Å²) in [5.74, 6) is 0.0882. The monoisotopic (exact) mass is 413 g/mol. The third-order valence-electron chi connectivity index (χ3n) is 5.35. The molecule has 1 saturated heterocycles. The number of carbonyl (C=O) groups excluding carboxylic acids is 1. The van der Waals surface area contributed by atoms with Gasteiger partial charge in [0.15, 0.2) is 0 Å². The fraction of sp³-hybridized carbons (Fsp3) is 0.458. The van der Waals surface area contributed by atoms with E-state index in [1.54, 1.807) is 6.08 Å². The zero-order valence-electron chi connectivity index (χ0n) is 17.7. The second kappa shape index (κ2) is 9.75. The highest BCUT2D eigenvalue weighted by molar-refractivity contribution is 6.31. The van der Waals surface area contributed by atoms with Crippen LogP contribution in [0.1, 0.15) is 38.3 Å². The first-order valence-corrected chi connectivity index (χ1v) is 10.8. The molecule has 0 bridgehead atoms. The first kappa shape index (κ1) is 21.8. The van der Waals surface area contributed by atoms with Crippen molar-refractivity contribution < 1.29 is 4.79 Å². The van der Waals surface area contributed by atoms with Crippen molar-refractivity contribution in [2.24, 2.45) is 0 Å². The van der Waals surface area contributed by atoms with E-state index in [0.717, 1.165) is 49.7 Å². The normalized spacial score (nSPS) is 20.9. The second-order valence-electron chi connectivity index (χ2n) is 8.79. The van der Waals surface area contributed by atoms with Crippen LogP contribution in [0.3, 0.4) is 0 Å². The van der Waals surface area contributed by atoms with Gasteiger partial charge in [0.05, 0.1) is 0 Å². The quantitative estimate of drug-likeness (QED) is 0.735. The van der Waals surface area contributed by atoms with Crippen molar-refractivity contribution in [1.29, 1.82) is 0 Å². The fourth-order valence-electron chi connectivity index (χ4n) is 3.51. The minimum Gasteiger partial charge on any atom is -0.337 e. The van der Waals surface area contributed by atoms with E-state index in [9.17, 15) is 4.79 Å². The molecule has 1 aromatic rings. The molecular formula is C24H32ClN3O. The molecular weight excluding hydrogens is 382 g/mol. The Kier molecular flexibility index (Phi) is 7.33. The van der Waals surface area contributed by atoms with Crippen molar-refractivity contribution in [1.82, 2.24) is 15.1 Å². The molecule has 2 aliphatic rings. The van der Waals surface area contributed by atoms with Gasteiger partial charge in [0.1, 0.15) is 0 Å². The Bertz CT molecular complexity index is 781. The molecule has 1 aliphatic heterocycles. The number of halogens is 1. The maximum Gasteiger partial charge on any atom is 0.246 e. The molecule has 0 aromatic heterocycles. The van der Waals surface area contributed by atoms with E-state index in [-0.39, 0.29) is 11.4 Å². The minimum absolute atomic E-state index is 0.0882. The summed E-state index contributed by atoms with van der Waals surface area (Å²) >= 11 is 6.01. The van der Waals surface area contributed by atoms with Gasteiger partial charge < -0.3 is 10.2 Å². The van der Waals surface area contributed by atoms with Gasteiger partial charge in [0, 0.05) is 55.4 Å². The highest BCUT2D eigenvalue weighted by atomic mass is 35.5. The molecule has 1 fully saturated rings. The van der Waals surface area contributed by atoms with Gasteiger partial charge in [0.25, 0.3) is 0 Å². The molecule has 29 heavy (non-hydrogen) atoms. The molecule has 156 valence electrons. The van der Waals surface area contributed by atoms with Crippen molar-refractivity contribution in [2.75, 3.05) is 26.2 Å². The van der Waals surface area contributed by atoms with Crippen LogP contribution in [0, 0.1) is 0 Å². The summed E-state index contributed by atoms with van der Waals surface area (Å²) < 4.78 is 0. The van der Waals surface area contributed by atoms with Crippen molar-refractivity contribution in [3.05, 3.63) is 64.7 Å². The summed E-state index contributed by atoms with van der Waals surface area (Å²) in [7, 11) is 0. The summed E-state index contributed by atoms with van der Waals surface area (Å²) in [5, 5.41) is 4.30. The standard InChI is InChI=1S/C24H32ClN3O/c1-24(2,3)26-18-20-6-4-19(5-7-20)8-13-23(29)28-16-14-27(15-17-28)22-11-9-21(25)10-12-22/h4-11,13,22,26H,12,14-18H2,1-3H3/b13-8+. The number of hydrogen-bond acceptors (Lipinski definition) is 3. The average molecular weight is 414 g/mol. The van der Waals surface area contributed by atoms with Crippen LogP contribution < -0.4 is 5.32 Å². The zero-order chi connectivity index (χ0) is 20.9. The highest BCUT2D eigenvalue weighted by Crippen LogP contribution is 2.19. The van der Waals surface area contributed by atoms with Crippen LogP contribution in [0.25, 0.3) is 6.08 Å². The number of amides is 1. The van der Waals surface area contributed by atoms with E-state index in [0.29, 0.717) is 6.04 Å². The van der Waals surface area contributed by atoms with Crippen molar-refractivity contribution in [3.8, 4) is 0 Å². The number of benzene rings is 1. The predicted octanol–water partition coefficient (Wildman–Crippen LogP) is 4.18. The Hall–Kier alpha value is -1.88. The fourth-order valence-corrected chi connectivity index (χ4v) is 3.68. The van der Waals surface area contributed by atoms with E-state index < -0.39 is 0 Å². The number of carbonyl (C=O) groups is 1. The van der Waals surface area contributed by atoms with E-state index >= 15 is 0 Å².